The zero-order valence-electron chi connectivity index (χ0n) is 10.1. The zero-order valence-corrected chi connectivity index (χ0v) is 10.1. The lowest BCUT2D eigenvalue weighted by molar-refractivity contribution is 0.134. The lowest BCUT2D eigenvalue weighted by Gasteiger charge is -2.07. The molecule has 0 saturated heterocycles. The molecule has 0 fully saturated rings. The number of anilines is 2. The molecule has 0 aliphatic heterocycles. The molecule has 0 radical (unpaired) electrons. The molecule has 0 saturated carbocycles. The van der Waals surface area contributed by atoms with Gasteiger partial charge in [0.1, 0.15) is 5.82 Å². The molecule has 0 spiro atoms. The van der Waals surface area contributed by atoms with Crippen LogP contribution in [0.4, 0.5) is 11.5 Å². The van der Waals surface area contributed by atoms with Gasteiger partial charge in [0.15, 0.2) is 0 Å². The van der Waals surface area contributed by atoms with Gasteiger partial charge in [-0.1, -0.05) is 6.92 Å². The first-order chi connectivity index (χ1) is 7.86. The highest BCUT2D eigenvalue weighted by Gasteiger charge is 1.94. The summed E-state index contributed by atoms with van der Waals surface area (Å²) in [5.74, 6) is 0.882. The van der Waals surface area contributed by atoms with Crippen LogP contribution in [0.5, 0.6) is 0 Å². The van der Waals surface area contributed by atoms with Crippen LogP contribution in [0.25, 0.3) is 0 Å². The van der Waals surface area contributed by atoms with E-state index in [1.807, 2.05) is 19.2 Å². The number of aromatic nitrogens is 1. The van der Waals surface area contributed by atoms with Crippen LogP contribution >= 0.6 is 0 Å². The molecule has 2 N–H and O–H groups in total. The van der Waals surface area contributed by atoms with E-state index in [0.29, 0.717) is 0 Å². The predicted molar refractivity (Wildman–Crippen MR) is 68.0 cm³/mol. The zero-order chi connectivity index (χ0) is 11.6. The van der Waals surface area contributed by atoms with Gasteiger partial charge in [0.05, 0.1) is 0 Å². The first-order valence-corrected chi connectivity index (χ1v) is 5.82. The molecule has 0 aliphatic rings. The smallest absolute Gasteiger partial charge is 0.127 e. The quantitative estimate of drug-likeness (QED) is 0.664. The van der Waals surface area contributed by atoms with Crippen molar-refractivity contribution < 1.29 is 4.74 Å². The molecular weight excluding hydrogens is 202 g/mol. The number of rotatable bonds is 8. The van der Waals surface area contributed by atoms with Crippen molar-refractivity contribution in [3.63, 3.8) is 0 Å². The third kappa shape index (κ3) is 4.98. The Balaban J connectivity index is 2.16. The highest BCUT2D eigenvalue weighted by Crippen LogP contribution is 2.10. The molecule has 0 amide bonds. The maximum absolute atomic E-state index is 5.40. The third-order valence-corrected chi connectivity index (χ3v) is 2.16. The number of pyridine rings is 1. The van der Waals surface area contributed by atoms with Crippen LogP contribution in [-0.2, 0) is 4.74 Å². The average molecular weight is 223 g/mol. The maximum atomic E-state index is 5.40. The lowest BCUT2D eigenvalue weighted by atomic mass is 10.3. The van der Waals surface area contributed by atoms with Gasteiger partial charge in [-0.25, -0.2) is 4.98 Å². The Hall–Kier alpha value is -1.29. The Bertz CT molecular complexity index is 291. The summed E-state index contributed by atoms with van der Waals surface area (Å²) in [6.07, 6.45) is 3.91. The van der Waals surface area contributed by atoms with Crippen LogP contribution in [-0.4, -0.2) is 31.8 Å². The van der Waals surface area contributed by atoms with Crippen molar-refractivity contribution in [3.05, 3.63) is 18.3 Å². The summed E-state index contributed by atoms with van der Waals surface area (Å²) in [6, 6.07) is 3.96. The molecule has 90 valence electrons. The largest absolute Gasteiger partial charge is 0.385 e. The number of hydrogen-bond acceptors (Lipinski definition) is 4. The monoisotopic (exact) mass is 223 g/mol. The van der Waals surface area contributed by atoms with Crippen LogP contribution < -0.4 is 10.6 Å². The van der Waals surface area contributed by atoms with Gasteiger partial charge in [-0.3, -0.25) is 0 Å². The van der Waals surface area contributed by atoms with Gasteiger partial charge in [-0.05, 0) is 18.9 Å². The van der Waals surface area contributed by atoms with Gasteiger partial charge < -0.3 is 15.4 Å². The van der Waals surface area contributed by atoms with Crippen molar-refractivity contribution in [2.45, 2.75) is 19.8 Å². The number of hydrogen-bond donors (Lipinski definition) is 2. The summed E-state index contributed by atoms with van der Waals surface area (Å²) < 4.78 is 5.40. The average Bonchev–Trinajstić information content (AvgIpc) is 2.34. The Morgan fingerprint density at radius 1 is 1.38 bits per heavy atom. The molecule has 0 aromatic carbocycles. The second kappa shape index (κ2) is 7.93. The van der Waals surface area contributed by atoms with Gasteiger partial charge in [0, 0.05) is 44.8 Å². The molecule has 0 atom stereocenters. The van der Waals surface area contributed by atoms with Crippen molar-refractivity contribution >= 4 is 11.5 Å². The van der Waals surface area contributed by atoms with Gasteiger partial charge in [0.2, 0.25) is 0 Å². The van der Waals surface area contributed by atoms with E-state index < -0.39 is 0 Å². The first-order valence-electron chi connectivity index (χ1n) is 5.82. The molecule has 4 nitrogen and oxygen atoms in total. The molecular formula is C12H21N3O. The molecule has 0 unspecified atom stereocenters. The van der Waals surface area contributed by atoms with Gasteiger partial charge in [-0.2, -0.15) is 0 Å². The highest BCUT2D eigenvalue weighted by molar-refractivity contribution is 5.51. The fourth-order valence-corrected chi connectivity index (χ4v) is 1.33. The topological polar surface area (TPSA) is 46.2 Å². The minimum absolute atomic E-state index is 0.824. The van der Waals surface area contributed by atoms with E-state index in [4.69, 9.17) is 4.74 Å². The van der Waals surface area contributed by atoms with E-state index >= 15 is 0 Å². The Kier molecular flexibility index (Phi) is 6.33. The van der Waals surface area contributed by atoms with Crippen LogP contribution in [0, 0.1) is 0 Å². The lowest BCUT2D eigenvalue weighted by Crippen LogP contribution is -2.06. The summed E-state index contributed by atoms with van der Waals surface area (Å²) in [4.78, 5) is 4.15. The second-order valence-electron chi connectivity index (χ2n) is 3.57. The van der Waals surface area contributed by atoms with Crippen molar-refractivity contribution in [1.29, 1.82) is 0 Å². The van der Waals surface area contributed by atoms with Crippen LogP contribution in [0.2, 0.25) is 0 Å². The standard InChI is InChI=1S/C12H21N3O/c1-3-8-16-9-4-6-14-11-5-7-15-12(10-11)13-2/h5,7,10H,3-4,6,8-9H2,1-2H3,(H2,13,14,15). The first kappa shape index (κ1) is 12.8. The molecule has 0 aliphatic carbocycles. The number of ether oxygens (including phenoxy) is 1. The summed E-state index contributed by atoms with van der Waals surface area (Å²) >= 11 is 0. The molecule has 1 aromatic heterocycles. The predicted octanol–water partition coefficient (Wildman–Crippen LogP) is 2.35. The maximum Gasteiger partial charge on any atom is 0.127 e. The van der Waals surface area contributed by atoms with Crippen molar-refractivity contribution in [1.82, 2.24) is 4.98 Å². The Morgan fingerprint density at radius 3 is 3.00 bits per heavy atom. The normalized spacial score (nSPS) is 10.1. The summed E-state index contributed by atoms with van der Waals surface area (Å²) in [6.45, 7) is 4.73. The van der Waals surface area contributed by atoms with Crippen LogP contribution in [0.3, 0.4) is 0 Å². The van der Waals surface area contributed by atoms with Gasteiger partial charge in [0.25, 0.3) is 0 Å². The van der Waals surface area contributed by atoms with Crippen molar-refractivity contribution in [2.75, 3.05) is 37.4 Å². The Labute approximate surface area is 97.4 Å². The minimum atomic E-state index is 0.824. The second-order valence-corrected chi connectivity index (χ2v) is 3.57. The number of nitrogens with zero attached hydrogens (tertiary/aromatic N) is 1. The molecule has 16 heavy (non-hydrogen) atoms. The SMILES string of the molecule is CCCOCCCNc1ccnc(NC)c1. The Morgan fingerprint density at radius 2 is 2.25 bits per heavy atom. The fourth-order valence-electron chi connectivity index (χ4n) is 1.33. The molecule has 1 aromatic rings. The van der Waals surface area contributed by atoms with Crippen molar-refractivity contribution in [3.8, 4) is 0 Å². The minimum Gasteiger partial charge on any atom is -0.385 e. The van der Waals surface area contributed by atoms with Crippen LogP contribution in [0.1, 0.15) is 19.8 Å². The van der Waals surface area contributed by atoms with E-state index in [-0.39, 0.29) is 0 Å². The van der Waals surface area contributed by atoms with E-state index in [1.165, 1.54) is 0 Å². The van der Waals surface area contributed by atoms with E-state index in [0.717, 1.165) is 44.1 Å². The van der Waals surface area contributed by atoms with Crippen LogP contribution in [0.15, 0.2) is 18.3 Å². The highest BCUT2D eigenvalue weighted by atomic mass is 16.5. The van der Waals surface area contributed by atoms with E-state index in [2.05, 4.69) is 22.5 Å². The van der Waals surface area contributed by atoms with E-state index in [1.54, 1.807) is 6.20 Å². The summed E-state index contributed by atoms with van der Waals surface area (Å²) in [5, 5.41) is 6.35. The summed E-state index contributed by atoms with van der Waals surface area (Å²) in [7, 11) is 1.87. The van der Waals surface area contributed by atoms with Gasteiger partial charge >= 0.3 is 0 Å². The fraction of sp³-hybridized carbons (Fsp3) is 0.583. The molecule has 1 rings (SSSR count). The van der Waals surface area contributed by atoms with E-state index in [9.17, 15) is 0 Å². The van der Waals surface area contributed by atoms with Gasteiger partial charge in [-0.15, -0.1) is 0 Å². The third-order valence-electron chi connectivity index (χ3n) is 2.16. The van der Waals surface area contributed by atoms with Crippen molar-refractivity contribution in [2.24, 2.45) is 0 Å². The number of nitrogens with one attached hydrogen (secondary N) is 2. The molecule has 4 heteroatoms. The summed E-state index contributed by atoms with van der Waals surface area (Å²) in [5.41, 5.74) is 1.09. The molecule has 1 heterocycles. The molecule has 0 bridgehead atoms.